The third-order valence-corrected chi connectivity index (χ3v) is 3.16. The van der Waals surface area contributed by atoms with Crippen LogP contribution in [0.2, 0.25) is 0 Å². The van der Waals surface area contributed by atoms with Crippen LogP contribution < -0.4 is 5.32 Å². The van der Waals surface area contributed by atoms with Gasteiger partial charge in [-0.1, -0.05) is 15.9 Å². The van der Waals surface area contributed by atoms with Crippen LogP contribution in [0.25, 0.3) is 0 Å². The maximum absolute atomic E-state index is 13.4. The fourth-order valence-corrected chi connectivity index (χ4v) is 2.01. The minimum absolute atomic E-state index is 0.127. The minimum Gasteiger partial charge on any atom is -0.307 e. The van der Waals surface area contributed by atoms with Gasteiger partial charge in [0.05, 0.1) is 0 Å². The smallest absolute Gasteiger partial charge is 0.128 e. The van der Waals surface area contributed by atoms with E-state index in [2.05, 4.69) is 21.2 Å². The highest BCUT2D eigenvalue weighted by atomic mass is 79.9. The quantitative estimate of drug-likeness (QED) is 0.800. The van der Waals surface area contributed by atoms with Crippen molar-refractivity contribution in [2.45, 2.75) is 18.9 Å². The summed E-state index contributed by atoms with van der Waals surface area (Å²) < 4.78 is 14.4. The zero-order chi connectivity index (χ0) is 9.47. The number of halogens is 2. The van der Waals surface area contributed by atoms with Crippen LogP contribution in [-0.4, -0.2) is 6.54 Å². The van der Waals surface area contributed by atoms with Crippen LogP contribution in [0.3, 0.4) is 0 Å². The van der Waals surface area contributed by atoms with Crippen LogP contribution in [-0.2, 0) is 5.54 Å². The Bertz CT molecular complexity index is 334. The molecular weight excluding hydrogens is 233 g/mol. The van der Waals surface area contributed by atoms with Crippen molar-refractivity contribution >= 4 is 15.9 Å². The highest BCUT2D eigenvalue weighted by Gasteiger charge is 2.35. The van der Waals surface area contributed by atoms with Crippen LogP contribution in [0, 0.1) is 5.82 Å². The molecule has 70 valence electrons. The zero-order valence-electron chi connectivity index (χ0n) is 7.40. The average Bonchev–Trinajstić information content (AvgIpc) is 2.05. The molecule has 0 aliphatic carbocycles. The first-order valence-corrected chi connectivity index (χ1v) is 5.12. The van der Waals surface area contributed by atoms with E-state index in [0.29, 0.717) is 0 Å². The molecular formula is C10H11BrFN. The second-order valence-electron chi connectivity index (χ2n) is 3.63. The second-order valence-corrected chi connectivity index (χ2v) is 4.55. The third-order valence-electron chi connectivity index (χ3n) is 2.66. The van der Waals surface area contributed by atoms with E-state index in [9.17, 15) is 4.39 Å². The standard InChI is InChI=1S/C10H11BrFN/c1-10(4-5-13-10)8-6-7(11)2-3-9(8)12/h2-3,6,13H,4-5H2,1H3. The molecule has 1 N–H and O–H groups in total. The average molecular weight is 244 g/mol. The van der Waals surface area contributed by atoms with E-state index in [0.717, 1.165) is 23.0 Å². The van der Waals surface area contributed by atoms with Gasteiger partial charge in [-0.3, -0.25) is 0 Å². The first-order valence-electron chi connectivity index (χ1n) is 4.32. The maximum atomic E-state index is 13.4. The van der Waals surface area contributed by atoms with E-state index < -0.39 is 0 Å². The van der Waals surface area contributed by atoms with E-state index in [1.165, 1.54) is 6.07 Å². The molecule has 1 aromatic rings. The number of benzene rings is 1. The molecule has 1 unspecified atom stereocenters. The SMILES string of the molecule is CC1(c2cc(Br)ccc2F)CCN1. The molecule has 1 aliphatic rings. The molecule has 3 heteroatoms. The van der Waals surface area contributed by atoms with Gasteiger partial charge in [-0.2, -0.15) is 0 Å². The lowest BCUT2D eigenvalue weighted by Crippen LogP contribution is -2.52. The molecule has 0 radical (unpaired) electrons. The summed E-state index contributed by atoms with van der Waals surface area (Å²) in [5, 5.41) is 3.25. The Labute approximate surface area is 85.5 Å². The van der Waals surface area contributed by atoms with E-state index >= 15 is 0 Å². The first-order chi connectivity index (χ1) is 6.12. The van der Waals surface area contributed by atoms with Gasteiger partial charge >= 0.3 is 0 Å². The molecule has 0 aromatic heterocycles. The monoisotopic (exact) mass is 243 g/mol. The largest absolute Gasteiger partial charge is 0.307 e. The summed E-state index contributed by atoms with van der Waals surface area (Å²) in [7, 11) is 0. The van der Waals surface area contributed by atoms with Crippen LogP contribution in [0.1, 0.15) is 18.9 Å². The number of nitrogens with one attached hydrogen (secondary N) is 1. The topological polar surface area (TPSA) is 12.0 Å². The van der Waals surface area contributed by atoms with Crippen molar-refractivity contribution in [1.29, 1.82) is 0 Å². The lowest BCUT2D eigenvalue weighted by atomic mass is 9.82. The predicted octanol–water partition coefficient (Wildman–Crippen LogP) is 2.80. The molecule has 0 amide bonds. The van der Waals surface area contributed by atoms with E-state index in [4.69, 9.17) is 0 Å². The van der Waals surface area contributed by atoms with Crippen LogP contribution >= 0.6 is 15.9 Å². The van der Waals surface area contributed by atoms with E-state index in [1.54, 1.807) is 6.07 Å². The highest BCUT2D eigenvalue weighted by Crippen LogP contribution is 2.33. The van der Waals surface area contributed by atoms with Crippen LogP contribution in [0.15, 0.2) is 22.7 Å². The second kappa shape index (κ2) is 3.07. The normalized spacial score (nSPS) is 27.0. The minimum atomic E-state index is -0.159. The Kier molecular flexibility index (Phi) is 2.16. The molecule has 1 atom stereocenters. The predicted molar refractivity (Wildman–Crippen MR) is 54.1 cm³/mol. The molecule has 1 fully saturated rings. The molecule has 1 heterocycles. The first kappa shape index (κ1) is 9.16. The van der Waals surface area contributed by atoms with Gasteiger partial charge in [0.15, 0.2) is 0 Å². The summed E-state index contributed by atoms with van der Waals surface area (Å²) in [6, 6.07) is 5.08. The summed E-state index contributed by atoms with van der Waals surface area (Å²) in [5.74, 6) is -0.127. The van der Waals surface area contributed by atoms with Crippen LogP contribution in [0.4, 0.5) is 4.39 Å². The number of hydrogen-bond donors (Lipinski definition) is 1. The molecule has 1 saturated heterocycles. The van der Waals surface area contributed by atoms with E-state index in [1.807, 2.05) is 13.0 Å². The molecule has 0 bridgehead atoms. The highest BCUT2D eigenvalue weighted by molar-refractivity contribution is 9.10. The third kappa shape index (κ3) is 1.51. The molecule has 2 rings (SSSR count). The van der Waals surface area contributed by atoms with Gasteiger partial charge in [-0.15, -0.1) is 0 Å². The summed E-state index contributed by atoms with van der Waals surface area (Å²) >= 11 is 3.35. The van der Waals surface area contributed by atoms with Crippen molar-refractivity contribution < 1.29 is 4.39 Å². The summed E-state index contributed by atoms with van der Waals surface area (Å²) in [4.78, 5) is 0. The van der Waals surface area contributed by atoms with Gasteiger partial charge in [0.1, 0.15) is 5.82 Å². The Morgan fingerprint density at radius 1 is 1.54 bits per heavy atom. The fourth-order valence-electron chi connectivity index (χ4n) is 1.65. The van der Waals surface area contributed by atoms with Gasteiger partial charge < -0.3 is 5.32 Å². The van der Waals surface area contributed by atoms with Gasteiger partial charge in [-0.05, 0) is 38.1 Å². The van der Waals surface area contributed by atoms with E-state index in [-0.39, 0.29) is 11.4 Å². The Hall–Kier alpha value is -0.410. The summed E-state index contributed by atoms with van der Waals surface area (Å²) in [6.45, 7) is 3.00. The van der Waals surface area contributed by atoms with Crippen molar-refractivity contribution in [3.05, 3.63) is 34.1 Å². The lowest BCUT2D eigenvalue weighted by Gasteiger charge is -2.40. The van der Waals surface area contributed by atoms with Crippen molar-refractivity contribution in [2.75, 3.05) is 6.54 Å². The Morgan fingerprint density at radius 2 is 2.23 bits per heavy atom. The molecule has 0 spiro atoms. The molecule has 1 aromatic carbocycles. The maximum Gasteiger partial charge on any atom is 0.128 e. The van der Waals surface area contributed by atoms with Crippen molar-refractivity contribution in [1.82, 2.24) is 5.32 Å². The van der Waals surface area contributed by atoms with Crippen molar-refractivity contribution in [3.63, 3.8) is 0 Å². The zero-order valence-corrected chi connectivity index (χ0v) is 8.99. The fraction of sp³-hybridized carbons (Fsp3) is 0.400. The molecule has 13 heavy (non-hydrogen) atoms. The van der Waals surface area contributed by atoms with Crippen LogP contribution in [0.5, 0.6) is 0 Å². The van der Waals surface area contributed by atoms with Gasteiger partial charge in [0, 0.05) is 15.6 Å². The van der Waals surface area contributed by atoms with Gasteiger partial charge in [0.25, 0.3) is 0 Å². The Balaban J connectivity index is 2.43. The van der Waals surface area contributed by atoms with Crippen molar-refractivity contribution in [2.24, 2.45) is 0 Å². The molecule has 1 nitrogen and oxygen atoms in total. The Morgan fingerprint density at radius 3 is 2.77 bits per heavy atom. The van der Waals surface area contributed by atoms with Gasteiger partial charge in [0.2, 0.25) is 0 Å². The summed E-state index contributed by atoms with van der Waals surface area (Å²) in [5.41, 5.74) is 0.599. The summed E-state index contributed by atoms with van der Waals surface area (Å²) in [6.07, 6.45) is 1.00. The molecule has 1 aliphatic heterocycles. The van der Waals surface area contributed by atoms with Gasteiger partial charge in [-0.25, -0.2) is 4.39 Å². The number of rotatable bonds is 1. The molecule has 0 saturated carbocycles. The van der Waals surface area contributed by atoms with Crippen molar-refractivity contribution in [3.8, 4) is 0 Å². The number of hydrogen-bond acceptors (Lipinski definition) is 1. The lowest BCUT2D eigenvalue weighted by molar-refractivity contribution is 0.229.